The van der Waals surface area contributed by atoms with Gasteiger partial charge in [-0.3, -0.25) is 5.32 Å². The molecule has 3 N–H and O–H groups in total. The second kappa shape index (κ2) is 13.7. The molecule has 2 aliphatic rings. The summed E-state index contributed by atoms with van der Waals surface area (Å²) in [5.74, 6) is 0.882. The number of benzene rings is 8. The Kier molecular flexibility index (Phi) is 8.08. The number of nitrogens with one attached hydrogen (secondary N) is 3. The van der Waals surface area contributed by atoms with E-state index < -0.39 is 0 Å². The first-order valence-corrected chi connectivity index (χ1v) is 18.6. The summed E-state index contributed by atoms with van der Waals surface area (Å²) < 4.78 is 0. The third kappa shape index (κ3) is 5.93. The molecule has 3 unspecified atom stereocenters. The largest absolute Gasteiger partial charge is 0.374 e. The Hall–Kier alpha value is -6.75. The molecule has 0 aromatic heterocycles. The van der Waals surface area contributed by atoms with E-state index in [-0.39, 0.29) is 18.4 Å². The van der Waals surface area contributed by atoms with Crippen LogP contribution in [0.15, 0.2) is 199 Å². The quantitative estimate of drug-likeness (QED) is 0.162. The van der Waals surface area contributed by atoms with Crippen LogP contribution in [0, 0.1) is 0 Å². The first kappa shape index (κ1) is 31.9. The zero-order valence-electron chi connectivity index (χ0n) is 29.7. The fraction of sp³-hybridized carbons (Fsp3) is 0.0600. The van der Waals surface area contributed by atoms with Crippen LogP contribution in [-0.4, -0.2) is 5.84 Å². The Morgan fingerprint density at radius 3 is 1.83 bits per heavy atom. The smallest absolute Gasteiger partial charge is 0.131 e. The van der Waals surface area contributed by atoms with Crippen LogP contribution in [0.4, 0.5) is 5.69 Å². The van der Waals surface area contributed by atoms with Gasteiger partial charge in [0.2, 0.25) is 0 Å². The van der Waals surface area contributed by atoms with E-state index in [0.29, 0.717) is 0 Å². The molecule has 0 spiro atoms. The zero-order chi connectivity index (χ0) is 35.8. The maximum absolute atomic E-state index is 5.09. The first-order chi connectivity index (χ1) is 26.7. The SMILES string of the molecule is C1=C(c2ccc3ccccc3c2)c2c(cc(-c3ccc(C4NC(c5ccccc5)=NC(c5ccccc5)N4)cc3)c3ccccc23)NC1c1ccccc1. The molecule has 0 radical (unpaired) electrons. The lowest BCUT2D eigenvalue weighted by atomic mass is 9.83. The summed E-state index contributed by atoms with van der Waals surface area (Å²) in [6.07, 6.45) is 2.10. The summed E-state index contributed by atoms with van der Waals surface area (Å²) in [5, 5.41) is 16.3. The number of hydrogen-bond acceptors (Lipinski definition) is 4. The van der Waals surface area contributed by atoms with Gasteiger partial charge in [0, 0.05) is 16.8 Å². The van der Waals surface area contributed by atoms with Gasteiger partial charge in [0.05, 0.1) is 6.04 Å². The Labute approximate surface area is 315 Å². The molecule has 54 heavy (non-hydrogen) atoms. The van der Waals surface area contributed by atoms with E-state index in [1.807, 2.05) is 12.1 Å². The van der Waals surface area contributed by atoms with Gasteiger partial charge in [0.25, 0.3) is 0 Å². The van der Waals surface area contributed by atoms with E-state index in [0.717, 1.165) is 28.2 Å². The molecule has 0 bridgehead atoms. The van der Waals surface area contributed by atoms with Crippen molar-refractivity contribution in [2.75, 3.05) is 5.32 Å². The minimum Gasteiger partial charge on any atom is -0.374 e. The number of hydrogen-bond donors (Lipinski definition) is 3. The number of rotatable bonds is 6. The van der Waals surface area contributed by atoms with Gasteiger partial charge in [-0.25, -0.2) is 4.99 Å². The Bertz CT molecular complexity index is 2680. The minimum absolute atomic E-state index is 0.0260. The van der Waals surface area contributed by atoms with Crippen molar-refractivity contribution in [2.24, 2.45) is 4.99 Å². The van der Waals surface area contributed by atoms with Crippen LogP contribution >= 0.6 is 0 Å². The highest BCUT2D eigenvalue weighted by atomic mass is 15.3. The monoisotopic (exact) mass is 694 g/mol. The molecule has 8 aromatic rings. The molecule has 4 heteroatoms. The summed E-state index contributed by atoms with van der Waals surface area (Å²) >= 11 is 0. The van der Waals surface area contributed by atoms with Crippen molar-refractivity contribution >= 4 is 38.6 Å². The van der Waals surface area contributed by atoms with Crippen LogP contribution in [0.2, 0.25) is 0 Å². The molecule has 4 nitrogen and oxygen atoms in total. The molecule has 8 aromatic carbocycles. The zero-order valence-corrected chi connectivity index (χ0v) is 29.7. The topological polar surface area (TPSA) is 48.5 Å². The van der Waals surface area contributed by atoms with Gasteiger partial charge in [-0.05, 0) is 78.7 Å². The highest BCUT2D eigenvalue weighted by Crippen LogP contribution is 2.46. The van der Waals surface area contributed by atoms with E-state index in [2.05, 4.69) is 198 Å². The Balaban J connectivity index is 1.06. The van der Waals surface area contributed by atoms with Gasteiger partial charge in [-0.1, -0.05) is 176 Å². The second-order valence-electron chi connectivity index (χ2n) is 14.1. The third-order valence-electron chi connectivity index (χ3n) is 10.8. The van der Waals surface area contributed by atoms with Gasteiger partial charge in [0.15, 0.2) is 0 Å². The lowest BCUT2D eigenvalue weighted by molar-refractivity contribution is 0.409. The van der Waals surface area contributed by atoms with Crippen molar-refractivity contribution in [1.82, 2.24) is 10.6 Å². The molecule has 0 saturated carbocycles. The molecule has 0 aliphatic carbocycles. The molecule has 0 saturated heterocycles. The van der Waals surface area contributed by atoms with E-state index in [9.17, 15) is 0 Å². The summed E-state index contributed by atoms with van der Waals surface area (Å²) in [6.45, 7) is 0. The lowest BCUT2D eigenvalue weighted by Crippen LogP contribution is -2.44. The van der Waals surface area contributed by atoms with E-state index in [1.165, 1.54) is 54.9 Å². The predicted octanol–water partition coefficient (Wildman–Crippen LogP) is 11.6. The van der Waals surface area contributed by atoms with Crippen molar-refractivity contribution in [2.45, 2.75) is 18.4 Å². The van der Waals surface area contributed by atoms with Gasteiger partial charge in [-0.2, -0.15) is 0 Å². The first-order valence-electron chi connectivity index (χ1n) is 18.6. The van der Waals surface area contributed by atoms with Crippen molar-refractivity contribution in [1.29, 1.82) is 0 Å². The Morgan fingerprint density at radius 2 is 1.07 bits per heavy atom. The van der Waals surface area contributed by atoms with Gasteiger partial charge in [-0.15, -0.1) is 0 Å². The van der Waals surface area contributed by atoms with Crippen molar-refractivity contribution < 1.29 is 0 Å². The van der Waals surface area contributed by atoms with E-state index >= 15 is 0 Å². The lowest BCUT2D eigenvalue weighted by Gasteiger charge is -2.32. The average molecular weight is 695 g/mol. The molecule has 258 valence electrons. The van der Waals surface area contributed by atoms with E-state index in [1.54, 1.807) is 0 Å². The number of anilines is 1. The van der Waals surface area contributed by atoms with Crippen LogP contribution < -0.4 is 16.0 Å². The molecule has 2 aliphatic heterocycles. The molecule has 0 fully saturated rings. The number of amidine groups is 1. The predicted molar refractivity (Wildman–Crippen MR) is 224 cm³/mol. The number of fused-ring (bicyclic) bond motifs is 4. The van der Waals surface area contributed by atoms with Crippen LogP contribution in [0.3, 0.4) is 0 Å². The van der Waals surface area contributed by atoms with Crippen molar-refractivity contribution in [3.05, 3.63) is 228 Å². The summed E-state index contributed by atoms with van der Waals surface area (Å²) in [4.78, 5) is 5.09. The maximum atomic E-state index is 5.09. The molecular formula is C50H38N4. The summed E-state index contributed by atoms with van der Waals surface area (Å²) in [7, 11) is 0. The van der Waals surface area contributed by atoms with Crippen molar-refractivity contribution in [3.8, 4) is 11.1 Å². The number of aliphatic imine (C=N–C) groups is 1. The molecule has 3 atom stereocenters. The van der Waals surface area contributed by atoms with E-state index in [4.69, 9.17) is 4.99 Å². The molecule has 0 amide bonds. The van der Waals surface area contributed by atoms with Gasteiger partial charge < -0.3 is 10.6 Å². The highest BCUT2D eigenvalue weighted by molar-refractivity contribution is 6.10. The Morgan fingerprint density at radius 1 is 0.444 bits per heavy atom. The van der Waals surface area contributed by atoms with Crippen LogP contribution in [0.1, 0.15) is 51.8 Å². The fourth-order valence-electron chi connectivity index (χ4n) is 8.05. The van der Waals surface area contributed by atoms with Crippen LogP contribution in [-0.2, 0) is 0 Å². The van der Waals surface area contributed by atoms with Crippen LogP contribution in [0.5, 0.6) is 0 Å². The summed E-state index contributed by atoms with van der Waals surface area (Å²) in [5.41, 5.74) is 11.8. The maximum Gasteiger partial charge on any atom is 0.131 e. The summed E-state index contributed by atoms with van der Waals surface area (Å²) in [6, 6.07) is 67.3. The average Bonchev–Trinajstić information content (AvgIpc) is 3.26. The molecule has 10 rings (SSSR count). The third-order valence-corrected chi connectivity index (χ3v) is 10.8. The fourth-order valence-corrected chi connectivity index (χ4v) is 8.05. The normalized spacial score (nSPS) is 17.9. The number of nitrogens with zero attached hydrogens (tertiary/aromatic N) is 1. The minimum atomic E-state index is -0.176. The van der Waals surface area contributed by atoms with Crippen LogP contribution in [0.25, 0.3) is 38.2 Å². The van der Waals surface area contributed by atoms with Gasteiger partial charge >= 0.3 is 0 Å². The second-order valence-corrected chi connectivity index (χ2v) is 14.1. The standard InChI is InChI=1S/C50H38N4/c1-4-15-35(16-5-1)45-32-44(40-29-24-33-14-10-11-21-39(33)30-40)47-42-23-13-12-22-41(42)43(31-46(47)51-45)34-25-27-38(28-26-34)50-53-48(36-17-6-2-7-18-36)52-49(54-50)37-19-8-3-9-20-37/h1-32,45,48,50-51,53H,(H,52,54). The van der Waals surface area contributed by atoms with Crippen molar-refractivity contribution in [3.63, 3.8) is 0 Å². The van der Waals surface area contributed by atoms with Gasteiger partial charge in [0.1, 0.15) is 18.2 Å². The molecular weight excluding hydrogens is 657 g/mol. The molecule has 2 heterocycles. The highest BCUT2D eigenvalue weighted by Gasteiger charge is 2.27.